The van der Waals surface area contributed by atoms with Crippen LogP contribution in [0.15, 0.2) is 133 Å². The lowest BCUT2D eigenvalue weighted by molar-refractivity contribution is -0.157. The van der Waals surface area contributed by atoms with Gasteiger partial charge in [-0.3, -0.25) is 19.2 Å². The van der Waals surface area contributed by atoms with E-state index in [4.69, 9.17) is 18.9 Å². The second-order valence-corrected chi connectivity index (χ2v) is 26.5. The summed E-state index contributed by atoms with van der Waals surface area (Å²) in [6.07, 6.45) is 15.7. The van der Waals surface area contributed by atoms with Crippen molar-refractivity contribution in [1.29, 1.82) is 0 Å². The molecule has 0 saturated heterocycles. The largest absolute Gasteiger partial charge is 0.462 e. The maximum Gasteiger partial charge on any atom is 0.306 e. The van der Waals surface area contributed by atoms with E-state index in [2.05, 4.69) is 88.6 Å². The first kappa shape index (κ1) is 59.9. The average molecular weight is 1130 g/mol. The standard InChI is InChI=1S/C74H88N2O8/c1-73(2,3)61-39-35-51(45-63(61)75-69(77)47-59-55-25-13-17-29-65(55)83-66-30-18-14-26-56(59)66)33-37-53(43-49-21-9-7-10-22-49)81-71(79)41-42-72(80)82-54(44-50-23-11-8-12-24-50)38-34-52-36-40-62(74(4,5)6)64(46-52)76-70(78)48-60-57-27-15-19-31-67(57)84-68-32-20-16-28-58(60)68/h13-20,25-32,35-36,39-40,45-46,49-50,53-54,59-60H,7-12,21-24,33-34,37-38,41-44,47-48H2,1-6H3,(H,75,77)(H,76,78)/t53-,54-/m1/s1. The number of hydrogen-bond donors (Lipinski definition) is 2. The Morgan fingerprint density at radius 1 is 0.464 bits per heavy atom. The van der Waals surface area contributed by atoms with E-state index in [1.54, 1.807) is 0 Å². The topological polar surface area (TPSA) is 129 Å². The minimum absolute atomic E-state index is 0.0446. The third-order valence-electron chi connectivity index (χ3n) is 18.0. The molecule has 6 aromatic carbocycles. The van der Waals surface area contributed by atoms with Crippen molar-refractivity contribution in [2.45, 2.75) is 205 Å². The number of carbonyl (C=O) groups excluding carboxylic acids is 4. The SMILES string of the molecule is CC(C)(C)c1ccc(CC[C@H](CC2CCCCC2)OC(=O)CCC(=O)O[C@H](CCc2ccc(C(C)(C)C)c(NC(=O)CC3c4ccccc4Oc4ccccc43)c2)CC2CCCCC2)cc1NC(=O)CC1c2ccccc2Oc2ccccc21. The molecular weight excluding hydrogens is 1040 g/mol. The van der Waals surface area contributed by atoms with Crippen molar-refractivity contribution in [3.05, 3.63) is 178 Å². The van der Waals surface area contributed by atoms with Crippen molar-refractivity contribution < 1.29 is 38.1 Å². The Balaban J connectivity index is 0.773. The number of benzene rings is 6. The van der Waals surface area contributed by atoms with Gasteiger partial charge in [-0.2, -0.15) is 0 Å². The fraction of sp³-hybridized carbons (Fsp3) is 0.459. The molecule has 2 atom stereocenters. The van der Waals surface area contributed by atoms with Crippen LogP contribution in [0.3, 0.4) is 0 Å². The highest BCUT2D eigenvalue weighted by Gasteiger charge is 2.33. The van der Waals surface area contributed by atoms with Crippen LogP contribution in [0.25, 0.3) is 0 Å². The highest BCUT2D eigenvalue weighted by Crippen LogP contribution is 2.48. The smallest absolute Gasteiger partial charge is 0.306 e. The molecule has 4 aliphatic rings. The molecule has 0 unspecified atom stereocenters. The summed E-state index contributed by atoms with van der Waals surface area (Å²) in [5.74, 6) is 2.88. The summed E-state index contributed by atoms with van der Waals surface area (Å²) in [6.45, 7) is 13.0. The minimum Gasteiger partial charge on any atom is -0.462 e. The Hall–Kier alpha value is -7.20. The normalized spacial score (nSPS) is 16.3. The Morgan fingerprint density at radius 2 is 0.798 bits per heavy atom. The summed E-state index contributed by atoms with van der Waals surface area (Å²) in [5.41, 5.74) is 9.37. The molecule has 0 radical (unpaired) electrons. The van der Waals surface area contributed by atoms with Gasteiger partial charge in [0.05, 0.1) is 12.8 Å². The average Bonchev–Trinajstić information content (AvgIpc) is 2.89. The third kappa shape index (κ3) is 15.6. The molecular formula is C74H88N2O8. The van der Waals surface area contributed by atoms with Crippen LogP contribution in [0.5, 0.6) is 23.0 Å². The molecule has 6 aromatic rings. The molecule has 0 spiro atoms. The van der Waals surface area contributed by atoms with Gasteiger partial charge in [0.1, 0.15) is 35.2 Å². The molecule has 2 heterocycles. The van der Waals surface area contributed by atoms with Crippen LogP contribution >= 0.6 is 0 Å². The lowest BCUT2D eigenvalue weighted by Crippen LogP contribution is -2.26. The molecule has 10 nitrogen and oxygen atoms in total. The first-order valence-electron chi connectivity index (χ1n) is 31.5. The lowest BCUT2D eigenvalue weighted by atomic mass is 9.83. The summed E-state index contributed by atoms with van der Waals surface area (Å²) < 4.78 is 25.2. The lowest BCUT2D eigenvalue weighted by Gasteiger charge is -2.29. The number of rotatable bonds is 21. The number of carbonyl (C=O) groups is 4. The molecule has 2 aliphatic heterocycles. The molecule has 2 amide bonds. The highest BCUT2D eigenvalue weighted by atomic mass is 16.6. The fourth-order valence-corrected chi connectivity index (χ4v) is 13.6. The van der Waals surface area contributed by atoms with Gasteiger partial charge < -0.3 is 29.6 Å². The van der Waals surface area contributed by atoms with E-state index in [0.29, 0.717) is 37.5 Å². The van der Waals surface area contributed by atoms with Gasteiger partial charge in [0, 0.05) is 58.3 Å². The quantitative estimate of drug-likeness (QED) is 0.0682. The van der Waals surface area contributed by atoms with Gasteiger partial charge >= 0.3 is 11.9 Å². The predicted octanol–water partition coefficient (Wildman–Crippen LogP) is 17.9. The van der Waals surface area contributed by atoms with Crippen molar-refractivity contribution in [1.82, 2.24) is 0 Å². The summed E-state index contributed by atoms with van der Waals surface area (Å²) in [4.78, 5) is 56.1. The Morgan fingerprint density at radius 3 is 1.13 bits per heavy atom. The van der Waals surface area contributed by atoms with Crippen LogP contribution in [0.4, 0.5) is 11.4 Å². The van der Waals surface area contributed by atoms with Crippen molar-refractivity contribution in [2.24, 2.45) is 11.8 Å². The van der Waals surface area contributed by atoms with E-state index in [0.717, 1.165) is 117 Å². The molecule has 0 bridgehead atoms. The van der Waals surface area contributed by atoms with Gasteiger partial charge in [-0.25, -0.2) is 0 Å². The van der Waals surface area contributed by atoms with Crippen LogP contribution in [0, 0.1) is 11.8 Å². The maximum absolute atomic E-state index is 14.2. The number of aryl methyl sites for hydroxylation is 2. The van der Waals surface area contributed by atoms with E-state index in [1.165, 1.54) is 38.5 Å². The fourth-order valence-electron chi connectivity index (χ4n) is 13.6. The Labute approximate surface area is 499 Å². The van der Waals surface area contributed by atoms with Gasteiger partial charge in [-0.1, -0.05) is 203 Å². The second-order valence-electron chi connectivity index (χ2n) is 26.5. The molecule has 442 valence electrons. The van der Waals surface area contributed by atoms with Gasteiger partial charge in [0.2, 0.25) is 11.8 Å². The van der Waals surface area contributed by atoms with Crippen LogP contribution in [0.2, 0.25) is 0 Å². The molecule has 2 fully saturated rings. The number of amides is 2. The van der Waals surface area contributed by atoms with Crippen LogP contribution < -0.4 is 20.1 Å². The van der Waals surface area contributed by atoms with E-state index in [1.807, 2.05) is 97.1 Å². The first-order chi connectivity index (χ1) is 40.5. The van der Waals surface area contributed by atoms with E-state index >= 15 is 0 Å². The number of fused-ring (bicyclic) bond motifs is 4. The zero-order valence-electron chi connectivity index (χ0n) is 50.6. The van der Waals surface area contributed by atoms with Crippen molar-refractivity contribution >= 4 is 35.1 Å². The highest BCUT2D eigenvalue weighted by molar-refractivity contribution is 5.94. The van der Waals surface area contributed by atoms with Crippen LogP contribution in [-0.2, 0) is 52.3 Å². The van der Waals surface area contributed by atoms with Crippen LogP contribution in [0.1, 0.15) is 213 Å². The summed E-state index contributed by atoms with van der Waals surface area (Å²) >= 11 is 0. The number of anilines is 2. The molecule has 2 N–H and O–H groups in total. The van der Waals surface area contributed by atoms with E-state index in [-0.39, 0.29) is 84.3 Å². The van der Waals surface area contributed by atoms with E-state index < -0.39 is 0 Å². The van der Waals surface area contributed by atoms with E-state index in [9.17, 15) is 19.2 Å². The van der Waals surface area contributed by atoms with Gasteiger partial charge in [-0.15, -0.1) is 0 Å². The first-order valence-corrected chi connectivity index (χ1v) is 31.5. The molecule has 0 aromatic heterocycles. The number of para-hydroxylation sites is 4. The minimum atomic E-state index is -0.373. The summed E-state index contributed by atoms with van der Waals surface area (Å²) in [6, 6.07) is 44.6. The molecule has 2 saturated carbocycles. The maximum atomic E-state index is 14.2. The van der Waals surface area contributed by atoms with Crippen molar-refractivity contribution in [3.63, 3.8) is 0 Å². The third-order valence-corrected chi connectivity index (χ3v) is 18.0. The molecule has 84 heavy (non-hydrogen) atoms. The van der Waals surface area contributed by atoms with Crippen LogP contribution in [-0.4, -0.2) is 36.0 Å². The monoisotopic (exact) mass is 1130 g/mol. The molecule has 10 heteroatoms. The van der Waals surface area contributed by atoms with Gasteiger partial charge in [0.15, 0.2) is 0 Å². The number of esters is 2. The Kier molecular flexibility index (Phi) is 19.4. The molecule has 10 rings (SSSR count). The number of ether oxygens (including phenoxy) is 4. The second kappa shape index (κ2) is 27.2. The van der Waals surface area contributed by atoms with Crippen molar-refractivity contribution in [2.75, 3.05) is 10.6 Å². The summed E-state index contributed by atoms with van der Waals surface area (Å²) in [5, 5.41) is 6.67. The Bertz CT molecular complexity index is 2960. The number of nitrogens with one attached hydrogen (secondary N) is 2. The predicted molar refractivity (Wildman–Crippen MR) is 334 cm³/mol. The zero-order valence-corrected chi connectivity index (χ0v) is 50.6. The molecule has 2 aliphatic carbocycles. The number of hydrogen-bond acceptors (Lipinski definition) is 8. The van der Waals surface area contributed by atoms with Crippen molar-refractivity contribution in [3.8, 4) is 23.0 Å². The zero-order chi connectivity index (χ0) is 58.8. The van der Waals surface area contributed by atoms with Gasteiger partial charge in [0.25, 0.3) is 0 Å². The van der Waals surface area contributed by atoms with Gasteiger partial charge in [-0.05, 0) is 120 Å². The summed E-state index contributed by atoms with van der Waals surface area (Å²) in [7, 11) is 0.